The Balaban J connectivity index is 2.32. The van der Waals surface area contributed by atoms with E-state index in [-0.39, 0.29) is 11.2 Å². The van der Waals surface area contributed by atoms with Gasteiger partial charge in [0, 0.05) is 5.02 Å². The fourth-order valence-electron chi connectivity index (χ4n) is 2.65. The Morgan fingerprint density at radius 1 is 1.17 bits per heavy atom. The first kappa shape index (κ1) is 13.8. The van der Waals surface area contributed by atoms with Gasteiger partial charge in [0.15, 0.2) is 9.84 Å². The number of nitrogens with two attached hydrogens (primary N) is 1. The maximum absolute atomic E-state index is 12.6. The van der Waals surface area contributed by atoms with Crippen molar-refractivity contribution in [1.29, 1.82) is 0 Å². The predicted molar refractivity (Wildman–Crippen MR) is 73.4 cm³/mol. The maximum atomic E-state index is 12.6. The third kappa shape index (κ3) is 2.71. The van der Waals surface area contributed by atoms with Crippen LogP contribution in [0.15, 0.2) is 29.2 Å². The molecule has 1 aliphatic carbocycles. The van der Waals surface area contributed by atoms with Crippen LogP contribution >= 0.6 is 11.6 Å². The summed E-state index contributed by atoms with van der Waals surface area (Å²) >= 11 is 5.79. The first-order valence-electron chi connectivity index (χ1n) is 6.25. The Hall–Kier alpha value is -0.580. The van der Waals surface area contributed by atoms with E-state index in [1.54, 1.807) is 24.3 Å². The largest absolute Gasteiger partial charge is 0.330 e. The van der Waals surface area contributed by atoms with Crippen LogP contribution in [-0.4, -0.2) is 20.2 Å². The van der Waals surface area contributed by atoms with Crippen molar-refractivity contribution in [3.05, 3.63) is 29.3 Å². The average Bonchev–Trinajstić information content (AvgIpc) is 2.39. The number of rotatable bonds is 3. The highest BCUT2D eigenvalue weighted by molar-refractivity contribution is 7.92. The monoisotopic (exact) mass is 287 g/mol. The first-order chi connectivity index (χ1) is 8.55. The molecule has 0 aromatic heterocycles. The van der Waals surface area contributed by atoms with Gasteiger partial charge in [-0.05, 0) is 49.6 Å². The molecule has 3 nitrogen and oxygen atoms in total. The van der Waals surface area contributed by atoms with E-state index < -0.39 is 9.84 Å². The molecule has 1 saturated carbocycles. The van der Waals surface area contributed by atoms with E-state index in [1.165, 1.54) is 0 Å². The maximum Gasteiger partial charge on any atom is 0.181 e. The SMILES string of the molecule is NCC1CCCCC1S(=O)(=O)c1ccc(Cl)cc1. The van der Waals surface area contributed by atoms with Gasteiger partial charge in [0.2, 0.25) is 0 Å². The Bertz CT molecular complexity index is 498. The average molecular weight is 288 g/mol. The minimum absolute atomic E-state index is 0.0828. The molecule has 0 spiro atoms. The van der Waals surface area contributed by atoms with Crippen molar-refractivity contribution < 1.29 is 8.42 Å². The van der Waals surface area contributed by atoms with E-state index in [9.17, 15) is 8.42 Å². The van der Waals surface area contributed by atoms with Crippen molar-refractivity contribution in [3.63, 3.8) is 0 Å². The number of benzene rings is 1. The number of hydrogen-bond donors (Lipinski definition) is 1. The summed E-state index contributed by atoms with van der Waals surface area (Å²) in [6, 6.07) is 6.41. The van der Waals surface area contributed by atoms with Gasteiger partial charge in [-0.1, -0.05) is 24.4 Å². The Labute approximate surface area is 113 Å². The molecule has 5 heteroatoms. The van der Waals surface area contributed by atoms with Gasteiger partial charge in [-0.3, -0.25) is 0 Å². The molecule has 1 fully saturated rings. The van der Waals surface area contributed by atoms with E-state index in [0.29, 0.717) is 22.9 Å². The zero-order chi connectivity index (χ0) is 13.2. The summed E-state index contributed by atoms with van der Waals surface area (Å²) in [7, 11) is -3.28. The molecule has 0 heterocycles. The zero-order valence-electron chi connectivity index (χ0n) is 10.2. The zero-order valence-corrected chi connectivity index (χ0v) is 11.8. The summed E-state index contributed by atoms with van der Waals surface area (Å²) in [6.45, 7) is 0.442. The van der Waals surface area contributed by atoms with Crippen molar-refractivity contribution in [1.82, 2.24) is 0 Å². The van der Waals surface area contributed by atoms with Crippen LogP contribution in [0.5, 0.6) is 0 Å². The van der Waals surface area contributed by atoms with Crippen molar-refractivity contribution in [2.24, 2.45) is 11.7 Å². The van der Waals surface area contributed by atoms with Crippen LogP contribution < -0.4 is 5.73 Å². The molecule has 100 valence electrons. The van der Waals surface area contributed by atoms with Gasteiger partial charge in [0.25, 0.3) is 0 Å². The summed E-state index contributed by atoms with van der Waals surface area (Å²) < 4.78 is 25.1. The molecule has 1 aromatic rings. The van der Waals surface area contributed by atoms with Gasteiger partial charge >= 0.3 is 0 Å². The summed E-state index contributed by atoms with van der Waals surface area (Å²) in [5.74, 6) is 0.0828. The quantitative estimate of drug-likeness (QED) is 0.930. The number of hydrogen-bond acceptors (Lipinski definition) is 3. The smallest absolute Gasteiger partial charge is 0.181 e. The molecular weight excluding hydrogens is 270 g/mol. The summed E-state index contributed by atoms with van der Waals surface area (Å²) in [5.41, 5.74) is 5.71. The fourth-order valence-corrected chi connectivity index (χ4v) is 4.87. The van der Waals surface area contributed by atoms with E-state index in [0.717, 1.165) is 19.3 Å². The van der Waals surface area contributed by atoms with Crippen LogP contribution in [-0.2, 0) is 9.84 Å². The molecule has 1 aliphatic rings. The molecular formula is C13H18ClNO2S. The molecule has 0 radical (unpaired) electrons. The minimum atomic E-state index is -3.28. The van der Waals surface area contributed by atoms with Crippen LogP contribution in [0.25, 0.3) is 0 Å². The molecule has 18 heavy (non-hydrogen) atoms. The molecule has 2 unspecified atom stereocenters. The summed E-state index contributed by atoms with van der Waals surface area (Å²) in [6.07, 6.45) is 3.67. The highest BCUT2D eigenvalue weighted by Crippen LogP contribution is 2.32. The lowest BCUT2D eigenvalue weighted by molar-refractivity contribution is 0.363. The van der Waals surface area contributed by atoms with Crippen LogP contribution in [0.2, 0.25) is 5.02 Å². The highest BCUT2D eigenvalue weighted by atomic mass is 35.5. The fraction of sp³-hybridized carbons (Fsp3) is 0.538. The standard InChI is InChI=1S/C13H18ClNO2S/c14-11-5-7-12(8-6-11)18(16,17)13-4-2-1-3-10(13)9-15/h5-8,10,13H,1-4,9,15H2. The molecule has 0 aliphatic heterocycles. The lowest BCUT2D eigenvalue weighted by atomic mass is 9.89. The Morgan fingerprint density at radius 2 is 1.78 bits per heavy atom. The summed E-state index contributed by atoms with van der Waals surface area (Å²) in [4.78, 5) is 0.359. The van der Waals surface area contributed by atoms with E-state index in [1.807, 2.05) is 0 Å². The molecule has 0 saturated heterocycles. The molecule has 2 N–H and O–H groups in total. The predicted octanol–water partition coefficient (Wildman–Crippen LogP) is 2.63. The molecule has 1 aromatic carbocycles. The third-order valence-corrected chi connectivity index (χ3v) is 6.28. The van der Waals surface area contributed by atoms with E-state index in [2.05, 4.69) is 0 Å². The van der Waals surface area contributed by atoms with Crippen LogP contribution in [0, 0.1) is 5.92 Å². The summed E-state index contributed by atoms with van der Waals surface area (Å²) in [5, 5.41) is 0.213. The van der Waals surface area contributed by atoms with Crippen molar-refractivity contribution in [2.45, 2.75) is 35.8 Å². The molecule has 0 amide bonds. The van der Waals surface area contributed by atoms with Crippen molar-refractivity contribution >= 4 is 21.4 Å². The highest BCUT2D eigenvalue weighted by Gasteiger charge is 2.35. The third-order valence-electron chi connectivity index (χ3n) is 3.68. The van der Waals surface area contributed by atoms with Gasteiger partial charge in [-0.15, -0.1) is 0 Å². The molecule has 2 atom stereocenters. The van der Waals surface area contributed by atoms with Gasteiger partial charge in [0.05, 0.1) is 10.1 Å². The number of halogens is 1. The Morgan fingerprint density at radius 3 is 2.39 bits per heavy atom. The van der Waals surface area contributed by atoms with Crippen LogP contribution in [0.4, 0.5) is 0 Å². The molecule has 0 bridgehead atoms. The second kappa shape index (κ2) is 5.59. The van der Waals surface area contributed by atoms with Crippen LogP contribution in [0.3, 0.4) is 0 Å². The van der Waals surface area contributed by atoms with Crippen molar-refractivity contribution in [2.75, 3.05) is 6.54 Å². The normalized spacial score (nSPS) is 25.0. The van der Waals surface area contributed by atoms with Gasteiger partial charge in [-0.2, -0.15) is 0 Å². The van der Waals surface area contributed by atoms with Gasteiger partial charge in [0.1, 0.15) is 0 Å². The van der Waals surface area contributed by atoms with E-state index >= 15 is 0 Å². The second-order valence-corrected chi connectivity index (χ2v) is 7.42. The molecule has 2 rings (SSSR count). The first-order valence-corrected chi connectivity index (χ1v) is 8.17. The lowest BCUT2D eigenvalue weighted by Crippen LogP contribution is -2.37. The van der Waals surface area contributed by atoms with Gasteiger partial charge < -0.3 is 5.73 Å². The van der Waals surface area contributed by atoms with Gasteiger partial charge in [-0.25, -0.2) is 8.42 Å². The van der Waals surface area contributed by atoms with Crippen LogP contribution in [0.1, 0.15) is 25.7 Å². The minimum Gasteiger partial charge on any atom is -0.330 e. The number of sulfone groups is 1. The van der Waals surface area contributed by atoms with E-state index in [4.69, 9.17) is 17.3 Å². The second-order valence-electron chi connectivity index (χ2n) is 4.82. The van der Waals surface area contributed by atoms with Crippen molar-refractivity contribution in [3.8, 4) is 0 Å². The Kier molecular flexibility index (Phi) is 4.30. The lowest BCUT2D eigenvalue weighted by Gasteiger charge is -2.30. The topological polar surface area (TPSA) is 60.2 Å².